The fourth-order valence-electron chi connectivity index (χ4n) is 3.21. The van der Waals surface area contributed by atoms with Crippen LogP contribution in [-0.4, -0.2) is 74.3 Å². The molecule has 0 saturated carbocycles. The van der Waals surface area contributed by atoms with Crippen LogP contribution in [0.15, 0.2) is 4.99 Å². The molecule has 0 aliphatic carbocycles. The van der Waals surface area contributed by atoms with Crippen LogP contribution in [0.2, 0.25) is 0 Å². The first-order chi connectivity index (χ1) is 10.1. The largest absolute Gasteiger partial charge is 0.380 e. The van der Waals surface area contributed by atoms with Gasteiger partial charge in [0.1, 0.15) is 0 Å². The summed E-state index contributed by atoms with van der Waals surface area (Å²) in [7, 11) is 0. The Bertz CT molecular complexity index is 350. The highest BCUT2D eigenvalue weighted by atomic mass is 16.5. The number of nitrogens with one attached hydrogen (secondary N) is 1. The van der Waals surface area contributed by atoms with Crippen LogP contribution in [-0.2, 0) is 4.74 Å². The molecule has 0 bridgehead atoms. The van der Waals surface area contributed by atoms with Gasteiger partial charge in [-0.2, -0.15) is 0 Å². The molecule has 5 heteroatoms. The summed E-state index contributed by atoms with van der Waals surface area (Å²) in [6, 6.07) is 0.673. The number of likely N-dealkylation sites (tertiary alicyclic amines) is 1. The summed E-state index contributed by atoms with van der Waals surface area (Å²) in [5, 5.41) is 3.46. The molecule has 0 aromatic heterocycles. The number of rotatable bonds is 6. The molecule has 0 radical (unpaired) electrons. The summed E-state index contributed by atoms with van der Waals surface area (Å²) in [6.07, 6.45) is 1.24. The van der Waals surface area contributed by atoms with Crippen molar-refractivity contribution >= 4 is 5.96 Å². The lowest BCUT2D eigenvalue weighted by atomic mass is 9.89. The van der Waals surface area contributed by atoms with Crippen LogP contribution in [0.25, 0.3) is 0 Å². The molecule has 2 aliphatic rings. The van der Waals surface area contributed by atoms with E-state index in [2.05, 4.69) is 42.8 Å². The third-order valence-corrected chi connectivity index (χ3v) is 4.64. The zero-order valence-electron chi connectivity index (χ0n) is 14.2. The second-order valence-electron chi connectivity index (χ2n) is 6.58. The predicted molar refractivity (Wildman–Crippen MR) is 87.8 cm³/mol. The van der Waals surface area contributed by atoms with Gasteiger partial charge in [-0.15, -0.1) is 0 Å². The van der Waals surface area contributed by atoms with E-state index in [1.807, 2.05) is 0 Å². The normalized spacial score (nSPS) is 25.3. The molecule has 21 heavy (non-hydrogen) atoms. The molecule has 1 N–H and O–H groups in total. The molecule has 2 heterocycles. The van der Waals surface area contributed by atoms with Crippen LogP contribution in [0.1, 0.15) is 34.1 Å². The maximum absolute atomic E-state index is 5.32. The quantitative estimate of drug-likeness (QED) is 0.594. The van der Waals surface area contributed by atoms with Crippen molar-refractivity contribution in [3.63, 3.8) is 0 Å². The number of guanidine groups is 1. The van der Waals surface area contributed by atoms with Crippen LogP contribution in [0, 0.1) is 5.41 Å². The summed E-state index contributed by atoms with van der Waals surface area (Å²) in [5.74, 6) is 1.08. The van der Waals surface area contributed by atoms with Gasteiger partial charge < -0.3 is 15.0 Å². The highest BCUT2D eigenvalue weighted by Crippen LogP contribution is 2.26. The number of ether oxygens (including phenoxy) is 1. The van der Waals surface area contributed by atoms with E-state index in [0.717, 1.165) is 58.4 Å². The number of hydrogen-bond acceptors (Lipinski definition) is 3. The van der Waals surface area contributed by atoms with Gasteiger partial charge in [0.25, 0.3) is 0 Å². The number of hydrogen-bond donors (Lipinski definition) is 1. The van der Waals surface area contributed by atoms with Gasteiger partial charge in [0.05, 0.1) is 19.8 Å². The third-order valence-electron chi connectivity index (χ3n) is 4.64. The van der Waals surface area contributed by atoms with Crippen molar-refractivity contribution in [2.75, 3.05) is 52.5 Å². The van der Waals surface area contributed by atoms with Gasteiger partial charge in [-0.05, 0) is 26.4 Å². The number of likely N-dealkylation sites (N-methyl/N-ethyl adjacent to an activating group) is 1. The molecule has 122 valence electrons. The first-order valence-electron chi connectivity index (χ1n) is 8.47. The Balaban J connectivity index is 1.94. The molecule has 0 aromatic carbocycles. The highest BCUT2D eigenvalue weighted by molar-refractivity contribution is 5.80. The Labute approximate surface area is 129 Å². The molecule has 0 amide bonds. The van der Waals surface area contributed by atoms with E-state index in [-0.39, 0.29) is 5.41 Å². The lowest BCUT2D eigenvalue weighted by Crippen LogP contribution is -2.46. The fraction of sp³-hybridized carbons (Fsp3) is 0.938. The molecule has 2 aliphatic heterocycles. The van der Waals surface area contributed by atoms with Crippen molar-refractivity contribution in [1.29, 1.82) is 0 Å². The average Bonchev–Trinajstić information content (AvgIpc) is 2.92. The molecule has 2 fully saturated rings. The Morgan fingerprint density at radius 2 is 2.05 bits per heavy atom. The molecule has 0 spiro atoms. The Morgan fingerprint density at radius 1 is 1.33 bits per heavy atom. The first-order valence-corrected chi connectivity index (χ1v) is 8.47. The molecule has 1 atom stereocenters. The molecule has 5 nitrogen and oxygen atoms in total. The summed E-state index contributed by atoms with van der Waals surface area (Å²) < 4.78 is 5.32. The summed E-state index contributed by atoms with van der Waals surface area (Å²) in [6.45, 7) is 16.9. The van der Waals surface area contributed by atoms with Crippen LogP contribution in [0.5, 0.6) is 0 Å². The van der Waals surface area contributed by atoms with Gasteiger partial charge in [0, 0.05) is 31.1 Å². The van der Waals surface area contributed by atoms with Crippen LogP contribution in [0.4, 0.5) is 0 Å². The molecule has 0 aromatic rings. The van der Waals surface area contributed by atoms with Gasteiger partial charge in [-0.3, -0.25) is 9.89 Å². The van der Waals surface area contributed by atoms with Crippen molar-refractivity contribution in [3.05, 3.63) is 0 Å². The van der Waals surface area contributed by atoms with E-state index < -0.39 is 0 Å². The first kappa shape index (κ1) is 16.6. The Kier molecular flexibility index (Phi) is 5.88. The van der Waals surface area contributed by atoms with Crippen LogP contribution in [0.3, 0.4) is 0 Å². The van der Waals surface area contributed by atoms with Gasteiger partial charge in [-0.25, -0.2) is 0 Å². The topological polar surface area (TPSA) is 40.1 Å². The van der Waals surface area contributed by atoms with E-state index in [1.54, 1.807) is 0 Å². The lowest BCUT2D eigenvalue weighted by molar-refractivity contribution is -0.0945. The Morgan fingerprint density at radius 3 is 2.57 bits per heavy atom. The molecule has 1 unspecified atom stereocenters. The van der Waals surface area contributed by atoms with Crippen molar-refractivity contribution in [3.8, 4) is 0 Å². The van der Waals surface area contributed by atoms with E-state index >= 15 is 0 Å². The smallest absolute Gasteiger partial charge is 0.193 e. The van der Waals surface area contributed by atoms with Crippen molar-refractivity contribution in [1.82, 2.24) is 15.1 Å². The summed E-state index contributed by atoms with van der Waals surface area (Å²) in [5.41, 5.74) is 0.249. The Hall–Kier alpha value is -0.810. The van der Waals surface area contributed by atoms with Crippen molar-refractivity contribution < 1.29 is 4.74 Å². The minimum Gasteiger partial charge on any atom is -0.380 e. The van der Waals surface area contributed by atoms with Crippen LogP contribution < -0.4 is 5.32 Å². The second kappa shape index (κ2) is 7.45. The monoisotopic (exact) mass is 296 g/mol. The standard InChI is InChI=1S/C16H32N4O/c1-5-17-15(18-11-16(4)12-21-13-16)20-9-8-14(10-20)19(6-2)7-3/h14H,5-13H2,1-4H3,(H,17,18). The van der Waals surface area contributed by atoms with Gasteiger partial charge >= 0.3 is 0 Å². The van der Waals surface area contributed by atoms with Gasteiger partial charge in [-0.1, -0.05) is 20.8 Å². The van der Waals surface area contributed by atoms with E-state index in [9.17, 15) is 0 Å². The van der Waals surface area contributed by atoms with E-state index in [4.69, 9.17) is 9.73 Å². The zero-order valence-corrected chi connectivity index (χ0v) is 14.2. The third kappa shape index (κ3) is 4.10. The van der Waals surface area contributed by atoms with Crippen LogP contribution >= 0.6 is 0 Å². The van der Waals surface area contributed by atoms with Gasteiger partial charge in [0.15, 0.2) is 5.96 Å². The number of aliphatic imine (C=N–C) groups is 1. The van der Waals surface area contributed by atoms with Gasteiger partial charge in [0.2, 0.25) is 0 Å². The van der Waals surface area contributed by atoms with Crippen molar-refractivity contribution in [2.45, 2.75) is 40.2 Å². The summed E-state index contributed by atoms with van der Waals surface area (Å²) in [4.78, 5) is 9.85. The highest BCUT2D eigenvalue weighted by Gasteiger charge is 2.34. The average molecular weight is 296 g/mol. The number of nitrogens with zero attached hydrogens (tertiary/aromatic N) is 3. The molecular weight excluding hydrogens is 264 g/mol. The minimum atomic E-state index is 0.249. The minimum absolute atomic E-state index is 0.249. The van der Waals surface area contributed by atoms with E-state index in [1.165, 1.54) is 6.42 Å². The SMILES string of the molecule is CCNC(=NCC1(C)COC1)N1CCC(N(CC)CC)C1. The summed E-state index contributed by atoms with van der Waals surface area (Å²) >= 11 is 0. The van der Waals surface area contributed by atoms with Crippen molar-refractivity contribution in [2.24, 2.45) is 10.4 Å². The lowest BCUT2D eigenvalue weighted by Gasteiger charge is -2.37. The molecular formula is C16H32N4O. The fourth-order valence-corrected chi connectivity index (χ4v) is 3.21. The second-order valence-corrected chi connectivity index (χ2v) is 6.58. The maximum Gasteiger partial charge on any atom is 0.193 e. The zero-order chi connectivity index (χ0) is 15.3. The molecule has 2 saturated heterocycles. The molecule has 2 rings (SSSR count). The maximum atomic E-state index is 5.32. The van der Waals surface area contributed by atoms with E-state index in [0.29, 0.717) is 6.04 Å². The predicted octanol–water partition coefficient (Wildman–Crippen LogP) is 1.40.